The molecule has 1 amide bonds. The minimum Gasteiger partial charge on any atom is -0.398 e. The molecule has 0 aliphatic heterocycles. The fourth-order valence-electron chi connectivity index (χ4n) is 1.64. The van der Waals surface area contributed by atoms with Crippen molar-refractivity contribution in [3.05, 3.63) is 37.7 Å². The number of carbonyl (C=O) groups excluding carboxylic acids is 1. The van der Waals surface area contributed by atoms with Crippen molar-refractivity contribution < 1.29 is 4.79 Å². The number of nitrogens with two attached hydrogens (primary N) is 1. The lowest BCUT2D eigenvalue weighted by atomic mass is 10.3. The Bertz CT molecular complexity index is 552. The zero-order valence-corrected chi connectivity index (χ0v) is 12.3. The van der Waals surface area contributed by atoms with E-state index in [1.54, 1.807) is 22.3 Å². The molecule has 0 bridgehead atoms. The Kier molecular flexibility index (Phi) is 3.73. The van der Waals surface area contributed by atoms with E-state index < -0.39 is 0 Å². The third kappa shape index (κ3) is 2.57. The summed E-state index contributed by atoms with van der Waals surface area (Å²) in [4.78, 5) is 16.9. The first kappa shape index (κ1) is 13.1. The van der Waals surface area contributed by atoms with Crippen molar-refractivity contribution >= 4 is 34.3 Å². The number of hydrogen-bond donors (Lipinski definition) is 1. The van der Waals surface area contributed by atoms with Gasteiger partial charge in [0.25, 0.3) is 5.91 Å². The Labute approximate surface area is 115 Å². The van der Waals surface area contributed by atoms with E-state index in [0.29, 0.717) is 17.1 Å². The first-order valence-corrected chi connectivity index (χ1v) is 7.33. The van der Waals surface area contributed by atoms with Gasteiger partial charge in [-0.05, 0) is 36.9 Å². The highest BCUT2D eigenvalue weighted by Gasteiger charge is 2.16. The molecule has 0 spiro atoms. The standard InChI is InChI=1S/C13H16N2OS2/c1-8-4-5-17-12(8)7-15(3)13(16)11-6-10(14)9(2)18-11/h4-6H,7,14H2,1-3H3. The van der Waals surface area contributed by atoms with E-state index in [1.165, 1.54) is 21.8 Å². The molecule has 0 aromatic carbocycles. The van der Waals surface area contributed by atoms with Gasteiger partial charge in [-0.3, -0.25) is 4.79 Å². The van der Waals surface area contributed by atoms with Gasteiger partial charge < -0.3 is 10.6 Å². The predicted octanol–water partition coefficient (Wildman–Crippen LogP) is 3.28. The van der Waals surface area contributed by atoms with Gasteiger partial charge in [-0.15, -0.1) is 22.7 Å². The normalized spacial score (nSPS) is 10.6. The quantitative estimate of drug-likeness (QED) is 0.938. The number of rotatable bonds is 3. The Balaban J connectivity index is 2.12. The summed E-state index contributed by atoms with van der Waals surface area (Å²) in [6.07, 6.45) is 0. The van der Waals surface area contributed by atoms with Crippen molar-refractivity contribution in [2.75, 3.05) is 12.8 Å². The molecule has 2 N–H and O–H groups in total. The molecular weight excluding hydrogens is 264 g/mol. The van der Waals surface area contributed by atoms with Gasteiger partial charge in [-0.25, -0.2) is 0 Å². The molecule has 2 aromatic rings. The first-order chi connectivity index (χ1) is 8.49. The molecule has 0 saturated heterocycles. The van der Waals surface area contributed by atoms with Crippen LogP contribution in [-0.2, 0) is 6.54 Å². The van der Waals surface area contributed by atoms with Crippen LogP contribution in [0.25, 0.3) is 0 Å². The second-order valence-corrected chi connectivity index (χ2v) is 6.57. The summed E-state index contributed by atoms with van der Waals surface area (Å²) < 4.78 is 0. The lowest BCUT2D eigenvalue weighted by molar-refractivity contribution is 0.0791. The van der Waals surface area contributed by atoms with Gasteiger partial charge in [0.15, 0.2) is 0 Å². The maximum atomic E-state index is 12.2. The van der Waals surface area contributed by atoms with Crippen LogP contribution in [0.1, 0.15) is 25.0 Å². The molecule has 0 atom stereocenters. The van der Waals surface area contributed by atoms with Crippen LogP contribution in [0, 0.1) is 13.8 Å². The van der Waals surface area contributed by atoms with Crippen LogP contribution in [0.2, 0.25) is 0 Å². The number of amides is 1. The number of nitrogen functional groups attached to an aromatic ring is 1. The fourth-order valence-corrected chi connectivity index (χ4v) is 3.54. The molecule has 2 heterocycles. The summed E-state index contributed by atoms with van der Waals surface area (Å²) in [5.41, 5.74) is 7.72. The van der Waals surface area contributed by atoms with Crippen molar-refractivity contribution in [3.63, 3.8) is 0 Å². The van der Waals surface area contributed by atoms with Gasteiger partial charge in [0.1, 0.15) is 0 Å². The summed E-state index contributed by atoms with van der Waals surface area (Å²) in [6.45, 7) is 4.65. The molecular formula is C13H16N2OS2. The lowest BCUT2D eigenvalue weighted by Crippen LogP contribution is -2.25. The average Bonchev–Trinajstić information content (AvgIpc) is 2.86. The molecule has 2 rings (SSSR count). The SMILES string of the molecule is Cc1ccsc1CN(C)C(=O)c1cc(N)c(C)s1. The van der Waals surface area contributed by atoms with Gasteiger partial charge in [0.2, 0.25) is 0 Å². The number of anilines is 1. The van der Waals surface area contributed by atoms with E-state index in [1.807, 2.05) is 14.0 Å². The zero-order valence-electron chi connectivity index (χ0n) is 10.7. The average molecular weight is 280 g/mol. The summed E-state index contributed by atoms with van der Waals surface area (Å²) >= 11 is 3.14. The summed E-state index contributed by atoms with van der Waals surface area (Å²) in [5, 5.41) is 2.05. The molecule has 18 heavy (non-hydrogen) atoms. The van der Waals surface area contributed by atoms with E-state index in [-0.39, 0.29) is 5.91 Å². The molecule has 0 unspecified atom stereocenters. The second-order valence-electron chi connectivity index (χ2n) is 4.31. The molecule has 0 fully saturated rings. The minimum atomic E-state index is 0.0348. The summed E-state index contributed by atoms with van der Waals surface area (Å²) in [7, 11) is 1.83. The number of aryl methyl sites for hydroxylation is 2. The van der Waals surface area contributed by atoms with E-state index in [0.717, 1.165) is 4.88 Å². The fraction of sp³-hybridized carbons (Fsp3) is 0.308. The molecule has 96 valence electrons. The van der Waals surface area contributed by atoms with Crippen molar-refractivity contribution in [1.29, 1.82) is 0 Å². The topological polar surface area (TPSA) is 46.3 Å². The van der Waals surface area contributed by atoms with E-state index in [4.69, 9.17) is 5.73 Å². The van der Waals surface area contributed by atoms with Crippen LogP contribution in [0.4, 0.5) is 5.69 Å². The molecule has 0 saturated carbocycles. The van der Waals surface area contributed by atoms with Crippen molar-refractivity contribution in [3.8, 4) is 0 Å². The molecule has 0 aliphatic carbocycles. The van der Waals surface area contributed by atoms with Crippen molar-refractivity contribution in [1.82, 2.24) is 4.90 Å². The monoisotopic (exact) mass is 280 g/mol. The number of nitrogens with zero attached hydrogens (tertiary/aromatic N) is 1. The van der Waals surface area contributed by atoms with E-state index >= 15 is 0 Å². The Hall–Kier alpha value is -1.33. The largest absolute Gasteiger partial charge is 0.398 e. The van der Waals surface area contributed by atoms with Gasteiger partial charge in [-0.1, -0.05) is 0 Å². The lowest BCUT2D eigenvalue weighted by Gasteiger charge is -2.15. The van der Waals surface area contributed by atoms with Gasteiger partial charge in [0.05, 0.1) is 11.4 Å². The highest BCUT2D eigenvalue weighted by atomic mass is 32.1. The van der Waals surface area contributed by atoms with Crippen molar-refractivity contribution in [2.24, 2.45) is 0 Å². The third-order valence-electron chi connectivity index (χ3n) is 2.86. The van der Waals surface area contributed by atoms with Crippen LogP contribution in [0.5, 0.6) is 0 Å². The highest BCUT2D eigenvalue weighted by Crippen LogP contribution is 2.25. The van der Waals surface area contributed by atoms with Gasteiger partial charge in [0, 0.05) is 22.5 Å². The molecule has 0 radical (unpaired) electrons. The van der Waals surface area contributed by atoms with E-state index in [9.17, 15) is 4.79 Å². The Morgan fingerprint density at radius 1 is 1.44 bits per heavy atom. The first-order valence-electron chi connectivity index (χ1n) is 5.63. The van der Waals surface area contributed by atoms with Gasteiger partial charge in [-0.2, -0.15) is 0 Å². The van der Waals surface area contributed by atoms with Crippen LogP contribution < -0.4 is 5.73 Å². The predicted molar refractivity (Wildman–Crippen MR) is 78.3 cm³/mol. The van der Waals surface area contributed by atoms with Crippen LogP contribution in [0.15, 0.2) is 17.5 Å². The Morgan fingerprint density at radius 2 is 2.17 bits per heavy atom. The maximum absolute atomic E-state index is 12.2. The molecule has 5 heteroatoms. The Morgan fingerprint density at radius 3 is 2.67 bits per heavy atom. The maximum Gasteiger partial charge on any atom is 0.264 e. The number of carbonyl (C=O) groups is 1. The third-order valence-corrected chi connectivity index (χ3v) is 4.92. The van der Waals surface area contributed by atoms with Crippen LogP contribution in [-0.4, -0.2) is 17.9 Å². The minimum absolute atomic E-state index is 0.0348. The summed E-state index contributed by atoms with van der Waals surface area (Å²) in [5.74, 6) is 0.0348. The number of hydrogen-bond acceptors (Lipinski definition) is 4. The van der Waals surface area contributed by atoms with Crippen molar-refractivity contribution in [2.45, 2.75) is 20.4 Å². The van der Waals surface area contributed by atoms with Gasteiger partial charge >= 0.3 is 0 Å². The highest BCUT2D eigenvalue weighted by molar-refractivity contribution is 7.14. The zero-order chi connectivity index (χ0) is 13.3. The van der Waals surface area contributed by atoms with Crippen LogP contribution in [0.3, 0.4) is 0 Å². The molecule has 0 aliphatic rings. The van der Waals surface area contributed by atoms with E-state index in [2.05, 4.69) is 18.4 Å². The smallest absolute Gasteiger partial charge is 0.264 e. The molecule has 3 nitrogen and oxygen atoms in total. The van der Waals surface area contributed by atoms with Crippen LogP contribution >= 0.6 is 22.7 Å². The molecule has 2 aromatic heterocycles. The second kappa shape index (κ2) is 5.12. The number of thiophene rings is 2. The summed E-state index contributed by atoms with van der Waals surface area (Å²) in [6, 6.07) is 3.84.